The number of benzene rings is 2. The highest BCUT2D eigenvalue weighted by atomic mass is 35.5. The fraction of sp³-hybridized carbons (Fsp3) is 0.0909. The summed E-state index contributed by atoms with van der Waals surface area (Å²) in [6.07, 6.45) is 0. The number of fused-ring (bicyclic) bond motifs is 2. The molecule has 11 heteroatoms. The van der Waals surface area contributed by atoms with Gasteiger partial charge in [-0.15, -0.1) is 0 Å². The highest BCUT2D eigenvalue weighted by Gasteiger charge is 2.35. The fourth-order valence-electron chi connectivity index (χ4n) is 3.57. The Labute approximate surface area is 194 Å². The molecule has 0 fully saturated rings. The molecule has 0 aliphatic carbocycles. The van der Waals surface area contributed by atoms with Gasteiger partial charge >= 0.3 is 0 Å². The zero-order chi connectivity index (χ0) is 23.3. The van der Waals surface area contributed by atoms with E-state index in [1.165, 1.54) is 11.8 Å². The lowest BCUT2D eigenvalue weighted by molar-refractivity contribution is -0.118. The maximum atomic E-state index is 13.4. The van der Waals surface area contributed by atoms with Gasteiger partial charge in [-0.05, 0) is 37.3 Å². The lowest BCUT2D eigenvalue weighted by Crippen LogP contribution is -2.37. The van der Waals surface area contributed by atoms with Gasteiger partial charge in [0.2, 0.25) is 10.9 Å². The zero-order valence-electron chi connectivity index (χ0n) is 17.0. The topological polar surface area (TPSA) is 114 Å². The van der Waals surface area contributed by atoms with Gasteiger partial charge in [0.15, 0.2) is 0 Å². The number of amides is 2. The Morgan fingerprint density at radius 1 is 1.09 bits per heavy atom. The predicted octanol–water partition coefficient (Wildman–Crippen LogP) is 1.38. The molecule has 0 unspecified atom stereocenters. The molecule has 1 aliphatic rings. The molecule has 3 heterocycles. The van der Waals surface area contributed by atoms with E-state index in [1.807, 2.05) is 0 Å². The van der Waals surface area contributed by atoms with Crippen LogP contribution in [0.15, 0.2) is 58.1 Å². The molecule has 4 aromatic rings. The highest BCUT2D eigenvalue weighted by molar-refractivity contribution is 7.15. The molecule has 9 nitrogen and oxygen atoms in total. The number of hydrogen-bond donors (Lipinski definition) is 1. The van der Waals surface area contributed by atoms with Crippen molar-refractivity contribution >= 4 is 56.7 Å². The molecule has 0 saturated heterocycles. The van der Waals surface area contributed by atoms with Crippen molar-refractivity contribution in [3.63, 3.8) is 0 Å². The number of hydrogen-bond acceptors (Lipinski definition) is 7. The third-order valence-electron chi connectivity index (χ3n) is 5.10. The molecule has 1 aliphatic heterocycles. The zero-order valence-corrected chi connectivity index (χ0v) is 18.6. The van der Waals surface area contributed by atoms with Crippen molar-refractivity contribution in [2.45, 2.75) is 6.92 Å². The van der Waals surface area contributed by atoms with Crippen molar-refractivity contribution in [2.24, 2.45) is 0 Å². The molecular formula is C22H14ClN5O4S. The third-order valence-corrected chi connectivity index (χ3v) is 6.38. The van der Waals surface area contributed by atoms with E-state index in [0.717, 1.165) is 15.9 Å². The van der Waals surface area contributed by atoms with E-state index >= 15 is 0 Å². The number of carbonyl (C=O) groups is 2. The number of carbonyl (C=O) groups excluding carboxylic acids is 2. The Morgan fingerprint density at radius 3 is 2.58 bits per heavy atom. The largest absolute Gasteiger partial charge is 0.325 e. The Morgan fingerprint density at radius 2 is 1.82 bits per heavy atom. The lowest BCUT2D eigenvalue weighted by atomic mass is 10.1. The van der Waals surface area contributed by atoms with Crippen molar-refractivity contribution in [3.8, 4) is 0 Å². The van der Waals surface area contributed by atoms with E-state index in [4.69, 9.17) is 11.6 Å². The van der Waals surface area contributed by atoms with E-state index < -0.39 is 22.9 Å². The summed E-state index contributed by atoms with van der Waals surface area (Å²) < 4.78 is 1.13. The van der Waals surface area contributed by atoms with E-state index in [-0.39, 0.29) is 27.3 Å². The number of rotatable bonds is 3. The number of para-hydroxylation sites is 1. The molecule has 5 rings (SSSR count). The molecule has 0 spiro atoms. The molecule has 33 heavy (non-hydrogen) atoms. The molecule has 2 aromatic heterocycles. The Hall–Kier alpha value is -3.89. The second-order valence-corrected chi connectivity index (χ2v) is 8.69. The second kappa shape index (κ2) is 7.91. The van der Waals surface area contributed by atoms with E-state index in [1.54, 1.807) is 48.5 Å². The number of thiazole rings is 1. The van der Waals surface area contributed by atoms with Gasteiger partial charge in [0.25, 0.3) is 17.0 Å². The number of aromatic nitrogens is 3. The molecule has 0 atom stereocenters. The molecule has 2 aromatic carbocycles. The Kier molecular flexibility index (Phi) is 5.03. The van der Waals surface area contributed by atoms with E-state index in [9.17, 15) is 19.2 Å². The highest BCUT2D eigenvalue weighted by Crippen LogP contribution is 2.35. The van der Waals surface area contributed by atoms with Crippen molar-refractivity contribution in [1.82, 2.24) is 14.6 Å². The number of halogens is 1. The monoisotopic (exact) mass is 479 g/mol. The van der Waals surface area contributed by atoms with Gasteiger partial charge in [0.1, 0.15) is 16.8 Å². The quantitative estimate of drug-likeness (QED) is 0.475. The first-order valence-electron chi connectivity index (χ1n) is 9.75. The van der Waals surface area contributed by atoms with Gasteiger partial charge in [0, 0.05) is 16.3 Å². The van der Waals surface area contributed by atoms with Crippen LogP contribution in [0.5, 0.6) is 0 Å². The fourth-order valence-corrected chi connectivity index (χ4v) is 4.69. The normalized spacial score (nSPS) is 14.6. The molecule has 164 valence electrons. The first kappa shape index (κ1) is 21.0. The van der Waals surface area contributed by atoms with Gasteiger partial charge in [-0.1, -0.05) is 41.1 Å². The van der Waals surface area contributed by atoms with Crippen LogP contribution in [-0.2, 0) is 9.59 Å². The van der Waals surface area contributed by atoms with Crippen molar-refractivity contribution in [3.05, 3.63) is 90.1 Å². The maximum absolute atomic E-state index is 13.4. The second-order valence-electron chi connectivity index (χ2n) is 7.27. The summed E-state index contributed by atoms with van der Waals surface area (Å²) in [4.78, 5) is 56.3. The van der Waals surface area contributed by atoms with Crippen LogP contribution in [0.4, 0.5) is 11.4 Å². The minimum Gasteiger partial charge on any atom is -0.325 e. The smallest absolute Gasteiger partial charge is 0.295 e. The minimum absolute atomic E-state index is 0.0811. The van der Waals surface area contributed by atoms with Crippen LogP contribution >= 0.6 is 22.9 Å². The first-order chi connectivity index (χ1) is 15.8. The van der Waals surface area contributed by atoms with Gasteiger partial charge in [0.05, 0.1) is 11.3 Å². The molecule has 0 radical (unpaired) electrons. The Balaban J connectivity index is 1.59. The Bertz CT molecular complexity index is 1630. The lowest BCUT2D eigenvalue weighted by Gasteiger charge is -2.16. The van der Waals surface area contributed by atoms with Gasteiger partial charge < -0.3 is 5.32 Å². The number of aryl methyl sites for hydroxylation is 1. The SMILES string of the molecule is Cc1nn2c(=O)c(=C3C(=O)N(CC(=O)Nc4ccc(Cl)cc4)c4ccccc43)sc2nc1=O. The first-order valence-corrected chi connectivity index (χ1v) is 10.9. The molecule has 1 N–H and O–H groups in total. The summed E-state index contributed by atoms with van der Waals surface area (Å²) in [7, 11) is 0. The summed E-state index contributed by atoms with van der Waals surface area (Å²) in [6, 6.07) is 13.5. The molecule has 2 amide bonds. The maximum Gasteiger partial charge on any atom is 0.295 e. The van der Waals surface area contributed by atoms with Crippen molar-refractivity contribution in [1.29, 1.82) is 0 Å². The summed E-state index contributed by atoms with van der Waals surface area (Å²) in [5.41, 5.74) is 0.715. The number of nitrogens with one attached hydrogen (secondary N) is 1. The molecule has 0 bridgehead atoms. The van der Waals surface area contributed by atoms with Gasteiger partial charge in [-0.25, -0.2) is 0 Å². The van der Waals surface area contributed by atoms with Crippen LogP contribution in [0.25, 0.3) is 10.5 Å². The number of nitrogens with zero attached hydrogens (tertiary/aromatic N) is 4. The van der Waals surface area contributed by atoms with E-state index in [2.05, 4.69) is 15.4 Å². The molecule has 0 saturated carbocycles. The predicted molar refractivity (Wildman–Crippen MR) is 125 cm³/mol. The summed E-state index contributed by atoms with van der Waals surface area (Å²) >= 11 is 6.79. The van der Waals surface area contributed by atoms with Crippen LogP contribution in [-0.4, -0.2) is 33.0 Å². The summed E-state index contributed by atoms with van der Waals surface area (Å²) in [5.74, 6) is -0.907. The van der Waals surface area contributed by atoms with Crippen LogP contribution in [0.1, 0.15) is 11.3 Å². The van der Waals surface area contributed by atoms with Crippen molar-refractivity contribution < 1.29 is 9.59 Å². The average molecular weight is 480 g/mol. The van der Waals surface area contributed by atoms with Gasteiger partial charge in [-0.3, -0.25) is 24.1 Å². The minimum atomic E-state index is -0.545. The van der Waals surface area contributed by atoms with E-state index in [0.29, 0.717) is 22.0 Å². The van der Waals surface area contributed by atoms with Crippen LogP contribution in [0.2, 0.25) is 5.02 Å². The van der Waals surface area contributed by atoms with Crippen LogP contribution in [0.3, 0.4) is 0 Å². The molecular weight excluding hydrogens is 466 g/mol. The summed E-state index contributed by atoms with van der Waals surface area (Å²) in [6.45, 7) is 1.21. The van der Waals surface area contributed by atoms with Gasteiger partial charge in [-0.2, -0.15) is 14.6 Å². The van der Waals surface area contributed by atoms with Crippen molar-refractivity contribution in [2.75, 3.05) is 16.8 Å². The standard InChI is InChI=1S/C22H14ClN5O4S/c1-11-19(30)25-22-28(26-11)21(32)18(33-22)17-14-4-2-3-5-15(14)27(20(17)31)10-16(29)24-13-8-6-12(23)7-9-13/h2-9H,10H2,1H3,(H,24,29). The number of anilines is 2. The van der Waals surface area contributed by atoms with Crippen LogP contribution < -0.4 is 25.9 Å². The third kappa shape index (κ3) is 3.59. The van der Waals surface area contributed by atoms with Crippen LogP contribution in [0, 0.1) is 6.92 Å². The average Bonchev–Trinajstić information content (AvgIpc) is 3.24. The summed E-state index contributed by atoms with van der Waals surface area (Å²) in [5, 5.41) is 7.26.